The van der Waals surface area contributed by atoms with Crippen molar-refractivity contribution in [1.82, 2.24) is 0 Å². The molecule has 0 bridgehead atoms. The van der Waals surface area contributed by atoms with E-state index < -0.39 is 0 Å². The Kier molecular flexibility index (Phi) is 6.59. The van der Waals surface area contributed by atoms with Crippen molar-refractivity contribution in [2.75, 3.05) is 9.80 Å². The molecule has 270 valence electrons. The smallest absolute Gasteiger partial charge is 0.264 e. The molecule has 0 spiro atoms. The van der Waals surface area contributed by atoms with Crippen molar-refractivity contribution < 1.29 is 4.42 Å². The maximum atomic E-state index is 6.75. The van der Waals surface area contributed by atoms with Crippen LogP contribution in [-0.2, 0) is 16.2 Å². The van der Waals surface area contributed by atoms with Crippen molar-refractivity contribution >= 4 is 99.9 Å². The van der Waals surface area contributed by atoms with E-state index in [-0.39, 0.29) is 23.0 Å². The lowest BCUT2D eigenvalue weighted by Gasteiger charge is -2.43. The Morgan fingerprint density at radius 1 is 0.673 bits per heavy atom. The largest absolute Gasteiger partial charge is 0.454 e. The van der Waals surface area contributed by atoms with Crippen LogP contribution in [0.4, 0.5) is 34.1 Å². The molecule has 5 heteroatoms. The molecule has 0 atom stereocenters. The Morgan fingerprint density at radius 2 is 1.36 bits per heavy atom. The Morgan fingerprint density at radius 3 is 2.15 bits per heavy atom. The topological polar surface area (TPSA) is 19.6 Å². The van der Waals surface area contributed by atoms with E-state index in [9.17, 15) is 0 Å². The van der Waals surface area contributed by atoms with E-state index in [0.717, 1.165) is 34.0 Å². The lowest BCUT2D eigenvalue weighted by atomic mass is 9.36. The molecular weight excluding hydrogens is 687 g/mol. The minimum absolute atomic E-state index is 0.0646. The van der Waals surface area contributed by atoms with Crippen molar-refractivity contribution in [1.29, 1.82) is 0 Å². The molecule has 4 heterocycles. The van der Waals surface area contributed by atoms with Gasteiger partial charge in [-0.3, -0.25) is 0 Å². The number of furan rings is 1. The molecular formula is C50H45BN2OS. The number of hydrogen-bond acceptors (Lipinski definition) is 4. The van der Waals surface area contributed by atoms with Crippen LogP contribution < -0.4 is 25.5 Å². The van der Waals surface area contributed by atoms with E-state index in [2.05, 4.69) is 180 Å². The minimum atomic E-state index is 0.0646. The summed E-state index contributed by atoms with van der Waals surface area (Å²) in [6.45, 7) is 19.0. The number of hydrogen-bond donors (Lipinski definition) is 0. The van der Waals surface area contributed by atoms with Crippen LogP contribution in [0.2, 0.25) is 0 Å². The lowest BCUT2D eigenvalue weighted by Crippen LogP contribution is -2.60. The standard InChI is InChI=1S/C50H45BN2OS/c1-29-26-39-43-40(27-29)53(38-18-13-15-33-32-14-9-12-19-41(32)54-45(33)38)37-17-11-10-16-36(37)51(43)47-44(52(39)31-22-20-30(21-23-31)48(2,3)4)34-24-25-35-42(46(34)55-47)50(7,8)28-49(35,5)6/h9-27H,28H2,1-8H3. The summed E-state index contributed by atoms with van der Waals surface area (Å²) in [5.74, 6) is 0. The van der Waals surface area contributed by atoms with Crippen LogP contribution in [0, 0.1) is 6.92 Å². The van der Waals surface area contributed by atoms with Gasteiger partial charge in [-0.1, -0.05) is 121 Å². The Bertz CT molecular complexity index is 2920. The quantitative estimate of drug-likeness (QED) is 0.165. The van der Waals surface area contributed by atoms with Crippen molar-refractivity contribution in [3.8, 4) is 0 Å². The third kappa shape index (κ3) is 4.51. The molecule has 0 unspecified atom stereocenters. The maximum absolute atomic E-state index is 6.75. The van der Waals surface area contributed by atoms with Gasteiger partial charge < -0.3 is 14.2 Å². The van der Waals surface area contributed by atoms with Crippen molar-refractivity contribution in [3.63, 3.8) is 0 Å². The molecule has 3 nitrogen and oxygen atoms in total. The average molecular weight is 733 g/mol. The van der Waals surface area contributed by atoms with Gasteiger partial charge in [0.05, 0.1) is 11.4 Å². The zero-order valence-electron chi connectivity index (χ0n) is 33.0. The minimum Gasteiger partial charge on any atom is -0.454 e. The van der Waals surface area contributed by atoms with Gasteiger partial charge in [0, 0.05) is 48.4 Å². The van der Waals surface area contributed by atoms with E-state index >= 15 is 0 Å². The fourth-order valence-corrected chi connectivity index (χ4v) is 12.3. The number of fused-ring (bicyclic) bond motifs is 11. The van der Waals surface area contributed by atoms with Crippen LogP contribution in [-0.4, -0.2) is 6.71 Å². The van der Waals surface area contributed by atoms with Crippen LogP contribution in [0.25, 0.3) is 32.0 Å². The van der Waals surface area contributed by atoms with E-state index in [0.29, 0.717) is 0 Å². The second-order valence-corrected chi connectivity index (χ2v) is 19.6. The number of aryl methyl sites for hydroxylation is 1. The molecule has 1 aliphatic carbocycles. The van der Waals surface area contributed by atoms with Gasteiger partial charge in [0.1, 0.15) is 5.58 Å². The highest BCUT2D eigenvalue weighted by Gasteiger charge is 2.48. The van der Waals surface area contributed by atoms with Crippen molar-refractivity contribution in [2.45, 2.75) is 78.1 Å². The molecule has 0 fully saturated rings. The summed E-state index contributed by atoms with van der Waals surface area (Å²) in [4.78, 5) is 5.10. The zero-order chi connectivity index (χ0) is 37.8. The summed E-state index contributed by atoms with van der Waals surface area (Å²) in [7, 11) is 0. The van der Waals surface area contributed by atoms with Crippen LogP contribution in [0.1, 0.15) is 77.1 Å². The fraction of sp³-hybridized carbons (Fsp3) is 0.240. The number of nitrogens with zero attached hydrogens (tertiary/aromatic N) is 2. The van der Waals surface area contributed by atoms with Crippen LogP contribution in [0.5, 0.6) is 0 Å². The molecule has 11 rings (SSSR count). The molecule has 0 saturated heterocycles. The molecule has 0 saturated carbocycles. The molecule has 0 N–H and O–H groups in total. The number of anilines is 6. The van der Waals surface area contributed by atoms with E-state index in [1.807, 2.05) is 11.3 Å². The molecule has 55 heavy (non-hydrogen) atoms. The highest BCUT2D eigenvalue weighted by atomic mass is 32.1. The van der Waals surface area contributed by atoms with Gasteiger partial charge in [0.2, 0.25) is 0 Å². The van der Waals surface area contributed by atoms with E-state index in [4.69, 9.17) is 4.42 Å². The Balaban J connectivity index is 1.25. The monoisotopic (exact) mass is 732 g/mol. The summed E-state index contributed by atoms with van der Waals surface area (Å²) >= 11 is 2.04. The third-order valence-corrected chi connectivity index (χ3v) is 14.1. The normalized spacial score (nSPS) is 16.5. The predicted molar refractivity (Wildman–Crippen MR) is 237 cm³/mol. The number of thiophene rings is 1. The molecule has 8 aromatic rings. The first-order valence-electron chi connectivity index (χ1n) is 19.8. The predicted octanol–water partition coefficient (Wildman–Crippen LogP) is 12.4. The van der Waals surface area contributed by atoms with E-state index in [1.54, 1.807) is 5.56 Å². The first-order chi connectivity index (χ1) is 26.3. The SMILES string of the molecule is Cc1cc2c3c(c1)N(c1cccc4c1oc1ccccc14)c1ccccc1B3c1sc3c4c(ccc3c1N2c1ccc(C(C)(C)C)cc1)C(C)(C)CC4(C)C. The summed E-state index contributed by atoms with van der Waals surface area (Å²) in [5, 5.41) is 3.65. The first-order valence-corrected chi connectivity index (χ1v) is 20.6. The fourth-order valence-electron chi connectivity index (χ4n) is 10.7. The molecule has 3 aliphatic rings. The van der Waals surface area contributed by atoms with Crippen LogP contribution in [0.15, 0.2) is 120 Å². The van der Waals surface area contributed by atoms with Gasteiger partial charge in [-0.25, -0.2) is 0 Å². The van der Waals surface area contributed by atoms with E-state index in [1.165, 1.54) is 70.9 Å². The summed E-state index contributed by atoms with van der Waals surface area (Å²) in [5.41, 5.74) is 17.7. The third-order valence-electron chi connectivity index (χ3n) is 12.8. The number of rotatable bonds is 2. The lowest BCUT2D eigenvalue weighted by molar-refractivity contribution is 0.404. The molecule has 6 aromatic carbocycles. The summed E-state index contributed by atoms with van der Waals surface area (Å²) in [6, 6.07) is 43.3. The highest BCUT2D eigenvalue weighted by molar-refractivity contribution is 7.34. The molecule has 2 aliphatic heterocycles. The summed E-state index contributed by atoms with van der Waals surface area (Å²) in [6.07, 6.45) is 1.15. The van der Waals surface area contributed by atoms with Crippen LogP contribution >= 0.6 is 11.3 Å². The van der Waals surface area contributed by atoms with Gasteiger partial charge >= 0.3 is 0 Å². The Hall–Kier alpha value is -5.26. The molecule has 0 radical (unpaired) electrons. The first kappa shape index (κ1) is 33.1. The second kappa shape index (κ2) is 10.9. The highest BCUT2D eigenvalue weighted by Crippen LogP contribution is 2.56. The molecule has 2 aromatic heterocycles. The summed E-state index contributed by atoms with van der Waals surface area (Å²) < 4.78 is 9.63. The second-order valence-electron chi connectivity index (χ2n) is 18.6. The van der Waals surface area contributed by atoms with Gasteiger partial charge in [-0.05, 0) is 105 Å². The Labute approximate surface area is 328 Å². The number of benzene rings is 6. The molecule has 0 amide bonds. The van der Waals surface area contributed by atoms with Crippen molar-refractivity contribution in [3.05, 3.63) is 138 Å². The number of para-hydroxylation sites is 3. The van der Waals surface area contributed by atoms with Gasteiger partial charge in [0.25, 0.3) is 6.71 Å². The zero-order valence-corrected chi connectivity index (χ0v) is 33.8. The van der Waals surface area contributed by atoms with Gasteiger partial charge in [-0.2, -0.15) is 0 Å². The van der Waals surface area contributed by atoms with Gasteiger partial charge in [-0.15, -0.1) is 11.3 Å². The van der Waals surface area contributed by atoms with Crippen LogP contribution in [0.3, 0.4) is 0 Å². The average Bonchev–Trinajstić information content (AvgIpc) is 3.78. The maximum Gasteiger partial charge on any atom is 0.264 e. The van der Waals surface area contributed by atoms with Gasteiger partial charge in [0.15, 0.2) is 5.58 Å². The van der Waals surface area contributed by atoms with Crippen molar-refractivity contribution in [2.24, 2.45) is 0 Å².